The fraction of sp³-hybridized carbons (Fsp3) is 0.556. The zero-order valence-electron chi connectivity index (χ0n) is 15.0. The van der Waals surface area contributed by atoms with Crippen molar-refractivity contribution in [1.29, 1.82) is 21.2 Å². The van der Waals surface area contributed by atoms with Gasteiger partial charge in [-0.05, 0) is 19.4 Å². The van der Waals surface area contributed by atoms with Gasteiger partial charge in [-0.15, -0.1) is 0 Å². The molecule has 8 nitrogen and oxygen atoms in total. The van der Waals surface area contributed by atoms with Crippen LogP contribution in [0.2, 0.25) is 0 Å². The van der Waals surface area contributed by atoms with Crippen molar-refractivity contribution in [2.24, 2.45) is 16.7 Å². The number of ether oxygens (including phenoxy) is 2. The average molecular weight is 356 g/mol. The van der Waals surface area contributed by atoms with Gasteiger partial charge < -0.3 is 14.9 Å². The van der Waals surface area contributed by atoms with E-state index in [1.807, 2.05) is 18.2 Å². The van der Waals surface area contributed by atoms with Crippen LogP contribution in [0.15, 0.2) is 11.6 Å². The lowest BCUT2D eigenvalue weighted by molar-refractivity contribution is -0.145. The molecule has 0 aliphatic heterocycles. The predicted octanol–water partition coefficient (Wildman–Crippen LogP) is 2.03. The Bertz CT molecular complexity index is 752. The Kier molecular flexibility index (Phi) is 6.64. The van der Waals surface area contributed by atoms with Gasteiger partial charge in [0, 0.05) is 5.41 Å². The maximum absolute atomic E-state index is 12.0. The molecular formula is C18H20N4O4. The maximum atomic E-state index is 12.0. The first-order valence-corrected chi connectivity index (χ1v) is 8.09. The molecule has 0 radical (unpaired) electrons. The van der Waals surface area contributed by atoms with Gasteiger partial charge in [-0.3, -0.25) is 9.59 Å². The highest BCUT2D eigenvalue weighted by molar-refractivity contribution is 6.01. The first-order chi connectivity index (χ1) is 12.2. The second-order valence-corrected chi connectivity index (χ2v) is 6.05. The summed E-state index contributed by atoms with van der Waals surface area (Å²) in [5.74, 6) is -2.44. The number of rotatable bonds is 6. The molecule has 0 aromatic carbocycles. The van der Waals surface area contributed by atoms with Crippen molar-refractivity contribution < 1.29 is 19.1 Å². The highest BCUT2D eigenvalue weighted by atomic mass is 16.5. The van der Waals surface area contributed by atoms with Gasteiger partial charge in [-0.25, -0.2) is 0 Å². The van der Waals surface area contributed by atoms with E-state index >= 15 is 0 Å². The van der Waals surface area contributed by atoms with E-state index in [9.17, 15) is 25.4 Å². The van der Waals surface area contributed by atoms with E-state index in [4.69, 9.17) is 14.9 Å². The van der Waals surface area contributed by atoms with Crippen LogP contribution in [0, 0.1) is 56.2 Å². The van der Waals surface area contributed by atoms with Crippen molar-refractivity contribution in [2.45, 2.75) is 33.6 Å². The third kappa shape index (κ3) is 3.58. The van der Waals surface area contributed by atoms with E-state index in [-0.39, 0.29) is 31.6 Å². The first-order valence-electron chi connectivity index (χ1n) is 8.09. The molecule has 8 heteroatoms. The number of nitrogens with one attached hydrogen (secondary N) is 1. The van der Waals surface area contributed by atoms with Crippen molar-refractivity contribution in [3.05, 3.63) is 11.6 Å². The highest BCUT2D eigenvalue weighted by Gasteiger charge is 2.58. The Balaban J connectivity index is 3.52. The van der Waals surface area contributed by atoms with Crippen LogP contribution in [0.4, 0.5) is 0 Å². The molecule has 1 N–H and O–H groups in total. The SMILES string of the molecule is CCOC(=O)CC1=C[C@](C)(CC(=O)OCC)C(C#N)(C#N)C(=N)C1C#N. The standard InChI is InChI=1S/C18H20N4O4/c1-4-25-14(23)6-12-7-17(3,8-15(24)26-5-2)18(10-20,11-21)16(22)13(12)9-19/h7,13,22H,4-6,8H2,1-3H3/t13?,17-/m1/s1. The van der Waals surface area contributed by atoms with Gasteiger partial charge in [-0.2, -0.15) is 15.8 Å². The lowest BCUT2D eigenvalue weighted by Gasteiger charge is -2.42. The first kappa shape index (κ1) is 20.9. The van der Waals surface area contributed by atoms with Crippen molar-refractivity contribution in [3.8, 4) is 18.2 Å². The normalized spacial score (nSPS) is 23.6. The van der Waals surface area contributed by atoms with E-state index in [2.05, 4.69) is 0 Å². The summed E-state index contributed by atoms with van der Waals surface area (Å²) in [6, 6.07) is 5.50. The molecule has 2 atom stereocenters. The van der Waals surface area contributed by atoms with Crippen molar-refractivity contribution in [3.63, 3.8) is 0 Å². The molecule has 1 aliphatic carbocycles. The minimum atomic E-state index is -2.02. The van der Waals surface area contributed by atoms with E-state index in [0.717, 1.165) is 0 Å². The van der Waals surface area contributed by atoms with E-state index in [0.29, 0.717) is 0 Å². The van der Waals surface area contributed by atoms with Crippen molar-refractivity contribution in [1.82, 2.24) is 0 Å². The molecule has 1 unspecified atom stereocenters. The predicted molar refractivity (Wildman–Crippen MR) is 89.2 cm³/mol. The minimum Gasteiger partial charge on any atom is -0.466 e. The third-order valence-corrected chi connectivity index (χ3v) is 4.36. The molecule has 1 rings (SSSR count). The second-order valence-electron chi connectivity index (χ2n) is 6.05. The Morgan fingerprint density at radius 1 is 1.15 bits per heavy atom. The van der Waals surface area contributed by atoms with Crippen molar-refractivity contribution in [2.75, 3.05) is 13.2 Å². The molecule has 0 aromatic heterocycles. The number of nitrogens with zero attached hydrogens (tertiary/aromatic N) is 3. The fourth-order valence-corrected chi connectivity index (χ4v) is 3.09. The van der Waals surface area contributed by atoms with Gasteiger partial charge >= 0.3 is 11.9 Å². The minimum absolute atomic E-state index is 0.124. The lowest BCUT2D eigenvalue weighted by atomic mass is 9.54. The van der Waals surface area contributed by atoms with Crippen LogP contribution in [-0.4, -0.2) is 30.9 Å². The molecule has 0 aromatic rings. The van der Waals surface area contributed by atoms with Crippen LogP contribution in [-0.2, 0) is 19.1 Å². The summed E-state index contributed by atoms with van der Waals surface area (Å²) in [4.78, 5) is 23.9. The Hall–Kier alpha value is -3.18. The van der Waals surface area contributed by atoms with Gasteiger partial charge in [0.05, 0.1) is 50.0 Å². The zero-order chi connectivity index (χ0) is 20.0. The summed E-state index contributed by atoms with van der Waals surface area (Å²) in [5, 5.41) is 37.1. The maximum Gasteiger partial charge on any atom is 0.309 e. The summed E-state index contributed by atoms with van der Waals surface area (Å²) >= 11 is 0. The van der Waals surface area contributed by atoms with Gasteiger partial charge in [0.2, 0.25) is 0 Å². The molecule has 0 spiro atoms. The Morgan fingerprint density at radius 3 is 2.15 bits per heavy atom. The molecule has 26 heavy (non-hydrogen) atoms. The lowest BCUT2D eigenvalue weighted by Crippen LogP contribution is -2.50. The van der Waals surface area contributed by atoms with Gasteiger partial charge in [0.15, 0.2) is 5.41 Å². The van der Waals surface area contributed by atoms with Crippen LogP contribution in [0.5, 0.6) is 0 Å². The summed E-state index contributed by atoms with van der Waals surface area (Å²) in [6.07, 6.45) is 0.813. The molecule has 0 saturated carbocycles. The second kappa shape index (κ2) is 8.27. The van der Waals surface area contributed by atoms with Crippen LogP contribution in [0.3, 0.4) is 0 Å². The van der Waals surface area contributed by atoms with E-state index in [1.165, 1.54) is 13.0 Å². The number of nitriles is 3. The molecular weight excluding hydrogens is 336 g/mol. The van der Waals surface area contributed by atoms with E-state index in [1.54, 1.807) is 13.8 Å². The quantitative estimate of drug-likeness (QED) is 0.565. The molecule has 0 fully saturated rings. The molecule has 0 heterocycles. The fourth-order valence-electron chi connectivity index (χ4n) is 3.09. The Labute approximate surface area is 152 Å². The summed E-state index contributed by atoms with van der Waals surface area (Å²) in [7, 11) is 0. The van der Waals surface area contributed by atoms with Gasteiger partial charge in [0.1, 0.15) is 5.92 Å². The third-order valence-electron chi connectivity index (χ3n) is 4.36. The topological polar surface area (TPSA) is 148 Å². The summed E-state index contributed by atoms with van der Waals surface area (Å²) in [6.45, 7) is 5.01. The zero-order valence-corrected chi connectivity index (χ0v) is 15.0. The molecule has 1 aliphatic rings. The number of esters is 2. The summed E-state index contributed by atoms with van der Waals surface area (Å²) in [5.41, 5.74) is -3.64. The average Bonchev–Trinajstić information content (AvgIpc) is 2.56. The van der Waals surface area contributed by atoms with Gasteiger partial charge in [-0.1, -0.05) is 13.0 Å². The van der Waals surface area contributed by atoms with Crippen molar-refractivity contribution >= 4 is 17.7 Å². The number of hydrogen-bond donors (Lipinski definition) is 1. The summed E-state index contributed by atoms with van der Waals surface area (Å²) < 4.78 is 9.81. The molecule has 0 amide bonds. The number of allylic oxidation sites excluding steroid dienone is 1. The largest absolute Gasteiger partial charge is 0.466 e. The smallest absolute Gasteiger partial charge is 0.309 e. The molecule has 0 saturated heterocycles. The van der Waals surface area contributed by atoms with Crippen LogP contribution < -0.4 is 0 Å². The number of carbonyl (C=O) groups excluding carboxylic acids is 2. The molecule has 0 bridgehead atoms. The molecule has 136 valence electrons. The van der Waals surface area contributed by atoms with Crippen LogP contribution in [0.1, 0.15) is 33.6 Å². The van der Waals surface area contributed by atoms with Crippen LogP contribution >= 0.6 is 0 Å². The Morgan fingerprint density at radius 2 is 1.69 bits per heavy atom. The highest BCUT2D eigenvalue weighted by Crippen LogP contribution is 2.51. The number of carbonyl (C=O) groups is 2. The van der Waals surface area contributed by atoms with E-state index < -0.39 is 34.4 Å². The van der Waals surface area contributed by atoms with Crippen LogP contribution in [0.25, 0.3) is 0 Å². The monoisotopic (exact) mass is 356 g/mol. The number of hydrogen-bond acceptors (Lipinski definition) is 8. The van der Waals surface area contributed by atoms with Gasteiger partial charge in [0.25, 0.3) is 0 Å².